The summed E-state index contributed by atoms with van der Waals surface area (Å²) in [4.78, 5) is 0. The average molecular weight is 182 g/mol. The Hall–Kier alpha value is -0.300. The van der Waals surface area contributed by atoms with E-state index in [1.54, 1.807) is 0 Å². The Balaban J connectivity index is 2.64. The predicted octanol–water partition coefficient (Wildman–Crippen LogP) is 3.14. The van der Waals surface area contributed by atoms with Crippen LogP contribution in [0.3, 0.4) is 0 Å². The maximum Gasteiger partial charge on any atom is 0.0431 e. The van der Waals surface area contributed by atoms with Gasteiger partial charge in [0.2, 0.25) is 0 Å². The maximum atomic E-state index is 8.83. The van der Waals surface area contributed by atoms with E-state index in [9.17, 15) is 0 Å². The number of allylic oxidation sites excluding steroid dienone is 2. The second-order valence-electron chi connectivity index (χ2n) is 4.89. The molecule has 1 atom stereocenters. The van der Waals surface area contributed by atoms with Gasteiger partial charge < -0.3 is 5.11 Å². The molecule has 0 aliphatic heterocycles. The molecule has 1 heteroatoms. The Morgan fingerprint density at radius 3 is 2.77 bits per heavy atom. The lowest BCUT2D eigenvalue weighted by Crippen LogP contribution is -2.28. The van der Waals surface area contributed by atoms with Gasteiger partial charge in [-0.1, -0.05) is 25.5 Å². The molecule has 1 unspecified atom stereocenters. The predicted molar refractivity (Wildman–Crippen MR) is 56.6 cm³/mol. The summed E-state index contributed by atoms with van der Waals surface area (Å²) in [5, 5.41) is 8.83. The fourth-order valence-corrected chi connectivity index (χ4v) is 2.52. The van der Waals surface area contributed by atoms with Crippen molar-refractivity contribution >= 4 is 0 Å². The van der Waals surface area contributed by atoms with Crippen LogP contribution in [0.1, 0.15) is 46.5 Å². The second kappa shape index (κ2) is 4.28. The van der Waals surface area contributed by atoms with Crippen LogP contribution in [-0.4, -0.2) is 11.7 Å². The van der Waals surface area contributed by atoms with Gasteiger partial charge in [-0.05, 0) is 43.9 Å². The van der Waals surface area contributed by atoms with Gasteiger partial charge in [-0.25, -0.2) is 0 Å². The highest BCUT2D eigenvalue weighted by Crippen LogP contribution is 2.43. The SMILES string of the molecule is CC1=CCCC(C)(C)C1CCCO. The van der Waals surface area contributed by atoms with Crippen molar-refractivity contribution < 1.29 is 5.11 Å². The first-order valence-corrected chi connectivity index (χ1v) is 5.35. The minimum atomic E-state index is 0.333. The number of hydrogen-bond acceptors (Lipinski definition) is 1. The largest absolute Gasteiger partial charge is 0.396 e. The molecule has 1 N–H and O–H groups in total. The van der Waals surface area contributed by atoms with Gasteiger partial charge >= 0.3 is 0 Å². The first kappa shape index (κ1) is 10.8. The van der Waals surface area contributed by atoms with Gasteiger partial charge in [0.1, 0.15) is 0 Å². The Morgan fingerprint density at radius 1 is 1.54 bits per heavy atom. The third-order valence-electron chi connectivity index (χ3n) is 3.40. The van der Waals surface area contributed by atoms with Crippen molar-refractivity contribution in [2.45, 2.75) is 46.5 Å². The molecule has 1 nitrogen and oxygen atoms in total. The highest BCUT2D eigenvalue weighted by molar-refractivity contribution is 5.11. The third-order valence-corrected chi connectivity index (χ3v) is 3.40. The molecule has 0 aromatic carbocycles. The Kier molecular flexibility index (Phi) is 3.55. The minimum Gasteiger partial charge on any atom is -0.396 e. The average Bonchev–Trinajstić information content (AvgIpc) is 2.02. The Morgan fingerprint density at radius 2 is 2.23 bits per heavy atom. The summed E-state index contributed by atoms with van der Waals surface area (Å²) in [5.74, 6) is 0.688. The second-order valence-corrected chi connectivity index (χ2v) is 4.89. The fourth-order valence-electron chi connectivity index (χ4n) is 2.52. The molecule has 1 aliphatic carbocycles. The molecule has 0 aromatic rings. The molecule has 76 valence electrons. The van der Waals surface area contributed by atoms with Crippen LogP contribution in [0.4, 0.5) is 0 Å². The summed E-state index contributed by atoms with van der Waals surface area (Å²) in [7, 11) is 0. The van der Waals surface area contributed by atoms with Crippen molar-refractivity contribution in [3.63, 3.8) is 0 Å². The maximum absolute atomic E-state index is 8.83. The number of hydrogen-bond donors (Lipinski definition) is 1. The van der Waals surface area contributed by atoms with Gasteiger partial charge in [0.15, 0.2) is 0 Å². The lowest BCUT2D eigenvalue weighted by atomic mass is 9.67. The normalized spacial score (nSPS) is 27.1. The van der Waals surface area contributed by atoms with Crippen molar-refractivity contribution in [2.75, 3.05) is 6.61 Å². The molecule has 0 saturated heterocycles. The molecule has 0 bridgehead atoms. The van der Waals surface area contributed by atoms with Crippen molar-refractivity contribution in [1.29, 1.82) is 0 Å². The first-order valence-electron chi connectivity index (χ1n) is 5.35. The van der Waals surface area contributed by atoms with E-state index in [1.807, 2.05) is 0 Å². The van der Waals surface area contributed by atoms with Gasteiger partial charge in [0.05, 0.1) is 0 Å². The van der Waals surface area contributed by atoms with Crippen molar-refractivity contribution in [2.24, 2.45) is 11.3 Å². The molecule has 1 rings (SSSR count). The van der Waals surface area contributed by atoms with Crippen LogP contribution in [0.15, 0.2) is 11.6 Å². The molecular weight excluding hydrogens is 160 g/mol. The van der Waals surface area contributed by atoms with E-state index in [2.05, 4.69) is 26.8 Å². The fraction of sp³-hybridized carbons (Fsp3) is 0.833. The lowest BCUT2D eigenvalue weighted by molar-refractivity contribution is 0.185. The molecule has 0 saturated carbocycles. The van der Waals surface area contributed by atoms with Crippen molar-refractivity contribution in [3.05, 3.63) is 11.6 Å². The lowest BCUT2D eigenvalue weighted by Gasteiger charge is -2.38. The van der Waals surface area contributed by atoms with E-state index < -0.39 is 0 Å². The molecule has 0 fully saturated rings. The Bertz CT molecular complexity index is 191. The van der Waals surface area contributed by atoms with Gasteiger partial charge in [0.25, 0.3) is 0 Å². The van der Waals surface area contributed by atoms with E-state index in [-0.39, 0.29) is 0 Å². The molecule has 0 aromatic heterocycles. The highest BCUT2D eigenvalue weighted by atomic mass is 16.2. The molecule has 0 heterocycles. The zero-order valence-corrected chi connectivity index (χ0v) is 9.14. The first-order chi connectivity index (χ1) is 6.08. The van der Waals surface area contributed by atoms with Crippen LogP contribution < -0.4 is 0 Å². The molecule has 13 heavy (non-hydrogen) atoms. The van der Waals surface area contributed by atoms with Crippen LogP contribution in [0.2, 0.25) is 0 Å². The van der Waals surface area contributed by atoms with E-state index in [0.29, 0.717) is 17.9 Å². The van der Waals surface area contributed by atoms with Crippen LogP contribution in [-0.2, 0) is 0 Å². The number of aliphatic hydroxyl groups excluding tert-OH is 1. The van der Waals surface area contributed by atoms with Crippen molar-refractivity contribution in [1.82, 2.24) is 0 Å². The van der Waals surface area contributed by atoms with Gasteiger partial charge in [-0.2, -0.15) is 0 Å². The van der Waals surface area contributed by atoms with E-state index in [0.717, 1.165) is 12.8 Å². The smallest absolute Gasteiger partial charge is 0.0431 e. The van der Waals surface area contributed by atoms with Crippen LogP contribution in [0.5, 0.6) is 0 Å². The van der Waals surface area contributed by atoms with Crippen LogP contribution >= 0.6 is 0 Å². The summed E-state index contributed by atoms with van der Waals surface area (Å²) in [5.41, 5.74) is 1.97. The zero-order chi connectivity index (χ0) is 9.90. The summed E-state index contributed by atoms with van der Waals surface area (Å²) in [6.45, 7) is 7.28. The van der Waals surface area contributed by atoms with E-state index in [1.165, 1.54) is 18.4 Å². The molecular formula is C12H22O. The van der Waals surface area contributed by atoms with Crippen LogP contribution in [0.25, 0.3) is 0 Å². The third kappa shape index (κ3) is 2.57. The zero-order valence-electron chi connectivity index (χ0n) is 9.14. The number of rotatable bonds is 3. The summed E-state index contributed by atoms with van der Waals surface area (Å²) < 4.78 is 0. The summed E-state index contributed by atoms with van der Waals surface area (Å²) >= 11 is 0. The molecule has 0 radical (unpaired) electrons. The minimum absolute atomic E-state index is 0.333. The van der Waals surface area contributed by atoms with E-state index >= 15 is 0 Å². The molecule has 0 spiro atoms. The standard InChI is InChI=1S/C12H22O/c1-10-6-4-8-12(2,3)11(10)7-5-9-13/h6,11,13H,4-5,7-9H2,1-3H3. The summed E-state index contributed by atoms with van der Waals surface area (Å²) in [6, 6.07) is 0. The Labute approximate surface area is 81.9 Å². The monoisotopic (exact) mass is 182 g/mol. The quantitative estimate of drug-likeness (QED) is 0.665. The molecule has 0 amide bonds. The summed E-state index contributed by atoms with van der Waals surface area (Å²) in [6.07, 6.45) is 6.98. The van der Waals surface area contributed by atoms with Gasteiger partial charge in [-0.3, -0.25) is 0 Å². The highest BCUT2D eigenvalue weighted by Gasteiger charge is 2.31. The molecule has 1 aliphatic rings. The van der Waals surface area contributed by atoms with Gasteiger partial charge in [0, 0.05) is 6.61 Å². The number of aliphatic hydroxyl groups is 1. The topological polar surface area (TPSA) is 20.2 Å². The van der Waals surface area contributed by atoms with Gasteiger partial charge in [-0.15, -0.1) is 0 Å². The van der Waals surface area contributed by atoms with Crippen molar-refractivity contribution in [3.8, 4) is 0 Å². The van der Waals surface area contributed by atoms with Crippen LogP contribution in [0, 0.1) is 11.3 Å². The van der Waals surface area contributed by atoms with E-state index in [4.69, 9.17) is 5.11 Å².